The van der Waals surface area contributed by atoms with Gasteiger partial charge in [0, 0.05) is 0 Å². The van der Waals surface area contributed by atoms with E-state index in [-0.39, 0.29) is 12.2 Å². The van der Waals surface area contributed by atoms with Gasteiger partial charge < -0.3 is 4.74 Å². The van der Waals surface area contributed by atoms with E-state index >= 15 is 0 Å². The van der Waals surface area contributed by atoms with Crippen molar-refractivity contribution in [3.8, 4) is 0 Å². The predicted octanol–water partition coefficient (Wildman–Crippen LogP) is 5.78. The van der Waals surface area contributed by atoms with E-state index in [9.17, 15) is 18.0 Å². The molecule has 0 saturated carbocycles. The van der Waals surface area contributed by atoms with Crippen LogP contribution >= 0.6 is 0 Å². The Balaban J connectivity index is 2.23. The van der Waals surface area contributed by atoms with Crippen molar-refractivity contribution < 1.29 is 22.7 Å². The highest BCUT2D eigenvalue weighted by Crippen LogP contribution is 2.29. The van der Waals surface area contributed by atoms with Gasteiger partial charge in [-0.2, -0.15) is 13.2 Å². The molecule has 0 atom stereocenters. The lowest BCUT2D eigenvalue weighted by atomic mass is 10.1. The van der Waals surface area contributed by atoms with Crippen molar-refractivity contribution in [3.63, 3.8) is 0 Å². The second kappa shape index (κ2) is 10.1. The molecule has 0 amide bonds. The number of unbranched alkanes of at least 4 members (excludes halogenated alkanes) is 6. The van der Waals surface area contributed by atoms with E-state index in [0.717, 1.165) is 57.1 Å². The van der Waals surface area contributed by atoms with E-state index in [0.29, 0.717) is 0 Å². The molecule has 0 bridgehead atoms. The van der Waals surface area contributed by atoms with Crippen molar-refractivity contribution in [2.24, 2.45) is 0 Å². The number of esters is 1. The quantitative estimate of drug-likeness (QED) is 0.309. The third-order valence-corrected chi connectivity index (χ3v) is 3.46. The molecule has 0 aromatic heterocycles. The van der Waals surface area contributed by atoms with Crippen molar-refractivity contribution in [1.82, 2.24) is 0 Å². The smallest absolute Gasteiger partial charge is 0.416 e. The molecular formula is C18H23F3O2. The normalized spacial score (nSPS) is 11.3. The van der Waals surface area contributed by atoms with Gasteiger partial charge in [-0.05, 0) is 37.5 Å². The molecule has 128 valence electrons. The molecule has 2 nitrogen and oxygen atoms in total. The number of carbonyl (C=O) groups is 1. The Bertz CT molecular complexity index is 495. The summed E-state index contributed by atoms with van der Waals surface area (Å²) < 4.78 is 42.8. The lowest BCUT2D eigenvalue weighted by Gasteiger charge is -2.09. The Morgan fingerprint density at radius 1 is 1.09 bits per heavy atom. The highest BCUT2D eigenvalue weighted by molar-refractivity contribution is 5.89. The fourth-order valence-corrected chi connectivity index (χ4v) is 2.17. The monoisotopic (exact) mass is 328 g/mol. The minimum atomic E-state index is -4.46. The number of rotatable bonds is 10. The highest BCUT2D eigenvalue weighted by Gasteiger charge is 2.31. The van der Waals surface area contributed by atoms with E-state index < -0.39 is 17.7 Å². The molecule has 5 heteroatoms. The van der Waals surface area contributed by atoms with Gasteiger partial charge >= 0.3 is 12.1 Å². The minimum absolute atomic E-state index is 0.0655. The van der Waals surface area contributed by atoms with Crippen LogP contribution in [0.25, 0.3) is 0 Å². The third-order valence-electron chi connectivity index (χ3n) is 3.46. The maximum absolute atomic E-state index is 12.6. The van der Waals surface area contributed by atoms with E-state index in [1.807, 2.05) is 6.08 Å². The van der Waals surface area contributed by atoms with E-state index in [4.69, 9.17) is 4.74 Å². The average molecular weight is 328 g/mol. The van der Waals surface area contributed by atoms with Crippen LogP contribution in [0.5, 0.6) is 0 Å². The van der Waals surface area contributed by atoms with Crippen LogP contribution in [-0.4, -0.2) is 12.6 Å². The lowest BCUT2D eigenvalue weighted by Crippen LogP contribution is -2.10. The zero-order valence-corrected chi connectivity index (χ0v) is 13.2. The van der Waals surface area contributed by atoms with Gasteiger partial charge in [0.2, 0.25) is 0 Å². The molecule has 1 aromatic rings. The van der Waals surface area contributed by atoms with Gasteiger partial charge in [0.05, 0.1) is 17.7 Å². The summed E-state index contributed by atoms with van der Waals surface area (Å²) in [5, 5.41) is 0. The van der Waals surface area contributed by atoms with Crippen LogP contribution < -0.4 is 0 Å². The Kier molecular flexibility index (Phi) is 8.45. The summed E-state index contributed by atoms with van der Waals surface area (Å²) in [6.07, 6.45) is 4.68. The topological polar surface area (TPSA) is 26.3 Å². The van der Waals surface area contributed by atoms with E-state index in [1.165, 1.54) is 12.1 Å². The summed E-state index contributed by atoms with van der Waals surface area (Å²) in [7, 11) is 0. The first-order valence-electron chi connectivity index (χ1n) is 7.90. The summed E-state index contributed by atoms with van der Waals surface area (Å²) >= 11 is 0. The lowest BCUT2D eigenvalue weighted by molar-refractivity contribution is -0.137. The average Bonchev–Trinajstić information content (AvgIpc) is 2.52. The molecule has 0 saturated heterocycles. The number of halogens is 3. The summed E-state index contributed by atoms with van der Waals surface area (Å²) in [6.45, 7) is 3.91. The Morgan fingerprint density at radius 3 is 2.39 bits per heavy atom. The van der Waals surface area contributed by atoms with E-state index in [2.05, 4.69) is 6.58 Å². The zero-order valence-electron chi connectivity index (χ0n) is 13.2. The van der Waals surface area contributed by atoms with Crippen LogP contribution in [0.2, 0.25) is 0 Å². The largest absolute Gasteiger partial charge is 0.462 e. The standard InChI is InChI=1S/C18H23F3O2/c1-2-3-4-5-6-7-8-9-13-23-17(22)15-11-10-12-16(14-15)18(19,20)21/h2,10-12,14H,1,3-9,13H2. The maximum Gasteiger partial charge on any atom is 0.416 e. The minimum Gasteiger partial charge on any atom is -0.462 e. The SMILES string of the molecule is C=CCCCCCCCCOC(=O)c1cccc(C(F)(F)F)c1. The molecule has 1 rings (SSSR count). The number of hydrogen-bond acceptors (Lipinski definition) is 2. The Labute approximate surface area is 135 Å². The van der Waals surface area contributed by atoms with Crippen LogP contribution in [0.1, 0.15) is 60.9 Å². The molecule has 0 spiro atoms. The molecule has 0 N–H and O–H groups in total. The van der Waals surface area contributed by atoms with Gasteiger partial charge in [-0.15, -0.1) is 6.58 Å². The predicted molar refractivity (Wildman–Crippen MR) is 84.2 cm³/mol. The fraction of sp³-hybridized carbons (Fsp3) is 0.500. The van der Waals surface area contributed by atoms with Gasteiger partial charge in [0.15, 0.2) is 0 Å². The van der Waals surface area contributed by atoms with Crippen molar-refractivity contribution in [1.29, 1.82) is 0 Å². The molecule has 0 aliphatic heterocycles. The fourth-order valence-electron chi connectivity index (χ4n) is 2.17. The molecule has 0 unspecified atom stereocenters. The van der Waals surface area contributed by atoms with Gasteiger partial charge in [-0.25, -0.2) is 4.79 Å². The van der Waals surface area contributed by atoms with Crippen molar-refractivity contribution in [3.05, 3.63) is 48.0 Å². The molecule has 0 heterocycles. The summed E-state index contributed by atoms with van der Waals surface area (Å²) in [4.78, 5) is 11.7. The number of hydrogen-bond donors (Lipinski definition) is 0. The number of ether oxygens (including phenoxy) is 1. The molecule has 0 radical (unpaired) electrons. The molecule has 0 fully saturated rings. The van der Waals surface area contributed by atoms with Crippen LogP contribution in [0.15, 0.2) is 36.9 Å². The second-order valence-corrected chi connectivity index (χ2v) is 5.41. The first kappa shape index (κ1) is 19.3. The third kappa shape index (κ3) is 7.86. The van der Waals surface area contributed by atoms with E-state index in [1.54, 1.807) is 0 Å². The summed E-state index contributed by atoms with van der Waals surface area (Å²) in [5.41, 5.74) is -0.907. The highest BCUT2D eigenvalue weighted by atomic mass is 19.4. The molecule has 0 aliphatic rings. The van der Waals surface area contributed by atoms with Crippen LogP contribution in [0.3, 0.4) is 0 Å². The Hall–Kier alpha value is -1.78. The van der Waals surface area contributed by atoms with Crippen molar-refractivity contribution >= 4 is 5.97 Å². The zero-order chi connectivity index (χ0) is 17.1. The molecule has 0 aliphatic carbocycles. The van der Waals surface area contributed by atoms with Crippen molar-refractivity contribution in [2.75, 3.05) is 6.61 Å². The summed E-state index contributed by atoms with van der Waals surface area (Å²) in [6, 6.07) is 4.30. The molecule has 23 heavy (non-hydrogen) atoms. The van der Waals surface area contributed by atoms with Crippen LogP contribution in [-0.2, 0) is 10.9 Å². The van der Waals surface area contributed by atoms with Gasteiger partial charge in [0.25, 0.3) is 0 Å². The number of allylic oxidation sites excluding steroid dienone is 1. The number of benzene rings is 1. The van der Waals surface area contributed by atoms with Gasteiger partial charge in [0.1, 0.15) is 0 Å². The van der Waals surface area contributed by atoms with Gasteiger partial charge in [-0.1, -0.05) is 37.8 Å². The van der Waals surface area contributed by atoms with Crippen LogP contribution in [0.4, 0.5) is 13.2 Å². The Morgan fingerprint density at radius 2 is 1.74 bits per heavy atom. The number of alkyl halides is 3. The van der Waals surface area contributed by atoms with Gasteiger partial charge in [-0.3, -0.25) is 0 Å². The molecule has 1 aromatic carbocycles. The number of carbonyl (C=O) groups excluding carboxylic acids is 1. The molecular weight excluding hydrogens is 305 g/mol. The second-order valence-electron chi connectivity index (χ2n) is 5.41. The maximum atomic E-state index is 12.6. The van der Waals surface area contributed by atoms with Crippen LogP contribution in [0, 0.1) is 0 Å². The first-order valence-corrected chi connectivity index (χ1v) is 7.90. The first-order chi connectivity index (χ1) is 10.9. The van der Waals surface area contributed by atoms with Crippen molar-refractivity contribution in [2.45, 2.75) is 51.1 Å². The summed E-state index contributed by atoms with van der Waals surface area (Å²) in [5.74, 6) is -0.706.